The molecule has 1 aromatic carbocycles. The maximum absolute atomic E-state index is 11.9. The summed E-state index contributed by atoms with van der Waals surface area (Å²) in [6.07, 6.45) is 1.50. The van der Waals surface area contributed by atoms with E-state index in [1.54, 1.807) is 31.2 Å². The number of esters is 1. The molecule has 0 unspecified atom stereocenters. The van der Waals surface area contributed by atoms with Crippen molar-refractivity contribution >= 4 is 17.6 Å². The van der Waals surface area contributed by atoms with Gasteiger partial charge in [0.2, 0.25) is 5.91 Å². The van der Waals surface area contributed by atoms with Crippen LogP contribution in [-0.2, 0) is 19.1 Å². The summed E-state index contributed by atoms with van der Waals surface area (Å²) >= 11 is 0. The van der Waals surface area contributed by atoms with Crippen LogP contribution in [0.1, 0.15) is 31.9 Å². The zero-order valence-corrected chi connectivity index (χ0v) is 13.0. The fraction of sp³-hybridized carbons (Fsp3) is 0.353. The first-order valence-corrected chi connectivity index (χ1v) is 7.36. The zero-order chi connectivity index (χ0) is 16.8. The molecule has 0 radical (unpaired) electrons. The molecule has 0 aromatic heterocycles. The molecule has 0 saturated carbocycles. The van der Waals surface area contributed by atoms with Gasteiger partial charge >= 0.3 is 5.97 Å². The SMILES string of the molecule is CCOC(=O)[C@H]1C=C(C#N)O[C@@H](c2ccc(NC(C)=O)cc2)C1. The highest BCUT2D eigenvalue weighted by Crippen LogP contribution is 2.34. The summed E-state index contributed by atoms with van der Waals surface area (Å²) in [5, 5.41) is 11.8. The molecule has 0 aliphatic carbocycles. The first-order chi connectivity index (χ1) is 11.0. The number of anilines is 1. The second-order valence-corrected chi connectivity index (χ2v) is 5.15. The number of ether oxygens (including phenoxy) is 2. The van der Waals surface area contributed by atoms with Crippen LogP contribution in [0.3, 0.4) is 0 Å². The zero-order valence-electron chi connectivity index (χ0n) is 13.0. The van der Waals surface area contributed by atoms with Gasteiger partial charge in [0, 0.05) is 19.0 Å². The standard InChI is InChI=1S/C17H18N2O4/c1-3-22-17(21)13-8-15(10-18)23-16(9-13)12-4-6-14(7-5-12)19-11(2)20/h4-8,13,16H,3,9H2,1-2H3,(H,19,20)/t13-,16+/m0/s1. The van der Waals surface area contributed by atoms with Gasteiger partial charge in [-0.25, -0.2) is 0 Å². The number of allylic oxidation sites excluding steroid dienone is 1. The van der Waals surface area contributed by atoms with Crippen LogP contribution in [0.25, 0.3) is 0 Å². The number of rotatable bonds is 4. The summed E-state index contributed by atoms with van der Waals surface area (Å²) in [5.74, 6) is -0.893. The summed E-state index contributed by atoms with van der Waals surface area (Å²) in [7, 11) is 0. The molecular weight excluding hydrogens is 296 g/mol. The molecule has 120 valence electrons. The number of nitrogens with one attached hydrogen (secondary N) is 1. The van der Waals surface area contributed by atoms with Crippen molar-refractivity contribution in [1.29, 1.82) is 5.26 Å². The smallest absolute Gasteiger partial charge is 0.313 e. The monoisotopic (exact) mass is 314 g/mol. The minimum absolute atomic E-state index is 0.116. The largest absolute Gasteiger partial charge is 0.476 e. The Bertz CT molecular complexity index is 658. The normalized spacial score (nSPS) is 19.8. The molecule has 1 N–H and O–H groups in total. The highest BCUT2D eigenvalue weighted by molar-refractivity contribution is 5.88. The molecule has 6 nitrogen and oxygen atoms in total. The van der Waals surface area contributed by atoms with Crippen LogP contribution in [0, 0.1) is 17.2 Å². The van der Waals surface area contributed by atoms with Crippen molar-refractivity contribution in [2.75, 3.05) is 11.9 Å². The van der Waals surface area contributed by atoms with Gasteiger partial charge in [-0.15, -0.1) is 0 Å². The molecular formula is C17H18N2O4. The maximum atomic E-state index is 11.9. The number of amides is 1. The van der Waals surface area contributed by atoms with Crippen molar-refractivity contribution in [3.05, 3.63) is 41.7 Å². The number of nitriles is 1. The molecule has 23 heavy (non-hydrogen) atoms. The number of hydrogen-bond acceptors (Lipinski definition) is 5. The van der Waals surface area contributed by atoms with E-state index in [0.717, 1.165) is 5.56 Å². The van der Waals surface area contributed by atoms with Crippen molar-refractivity contribution in [2.24, 2.45) is 5.92 Å². The third-order valence-corrected chi connectivity index (χ3v) is 3.39. The Hall–Kier alpha value is -2.81. The predicted octanol–water partition coefficient (Wildman–Crippen LogP) is 2.69. The topological polar surface area (TPSA) is 88.4 Å². The molecule has 1 aromatic rings. The molecule has 0 bridgehead atoms. The fourth-order valence-electron chi connectivity index (χ4n) is 2.39. The summed E-state index contributed by atoms with van der Waals surface area (Å²) < 4.78 is 10.6. The van der Waals surface area contributed by atoms with E-state index in [9.17, 15) is 9.59 Å². The summed E-state index contributed by atoms with van der Waals surface area (Å²) in [5.41, 5.74) is 1.50. The van der Waals surface area contributed by atoms with Gasteiger partial charge in [0.25, 0.3) is 0 Å². The summed E-state index contributed by atoms with van der Waals surface area (Å²) in [4.78, 5) is 23.0. The lowest BCUT2D eigenvalue weighted by molar-refractivity contribution is -0.148. The molecule has 1 aliphatic rings. The molecule has 2 atom stereocenters. The lowest BCUT2D eigenvalue weighted by Crippen LogP contribution is -2.23. The van der Waals surface area contributed by atoms with Gasteiger partial charge in [-0.2, -0.15) is 5.26 Å². The van der Waals surface area contributed by atoms with Crippen molar-refractivity contribution in [2.45, 2.75) is 26.4 Å². The minimum Gasteiger partial charge on any atom is -0.476 e. The van der Waals surface area contributed by atoms with Crippen LogP contribution in [0.4, 0.5) is 5.69 Å². The van der Waals surface area contributed by atoms with Gasteiger partial charge in [-0.3, -0.25) is 9.59 Å². The van der Waals surface area contributed by atoms with E-state index in [2.05, 4.69) is 5.32 Å². The van der Waals surface area contributed by atoms with Crippen LogP contribution < -0.4 is 5.32 Å². The Balaban J connectivity index is 2.16. The van der Waals surface area contributed by atoms with E-state index in [4.69, 9.17) is 14.7 Å². The molecule has 0 fully saturated rings. The second-order valence-electron chi connectivity index (χ2n) is 5.15. The lowest BCUT2D eigenvalue weighted by Gasteiger charge is -2.26. The van der Waals surface area contributed by atoms with E-state index < -0.39 is 12.0 Å². The average Bonchev–Trinajstić information content (AvgIpc) is 2.54. The number of benzene rings is 1. The van der Waals surface area contributed by atoms with Gasteiger partial charge in [0.05, 0.1) is 12.5 Å². The highest BCUT2D eigenvalue weighted by atomic mass is 16.5. The molecule has 0 saturated heterocycles. The third-order valence-electron chi connectivity index (χ3n) is 3.39. The maximum Gasteiger partial charge on any atom is 0.313 e. The van der Waals surface area contributed by atoms with E-state index in [-0.39, 0.29) is 17.6 Å². The Morgan fingerprint density at radius 1 is 1.39 bits per heavy atom. The third kappa shape index (κ3) is 4.33. The van der Waals surface area contributed by atoms with E-state index in [1.807, 2.05) is 6.07 Å². The number of carbonyl (C=O) groups excluding carboxylic acids is 2. The highest BCUT2D eigenvalue weighted by Gasteiger charge is 2.30. The molecule has 1 aliphatic heterocycles. The van der Waals surface area contributed by atoms with Gasteiger partial charge in [-0.1, -0.05) is 12.1 Å². The number of carbonyl (C=O) groups is 2. The van der Waals surface area contributed by atoms with Crippen molar-refractivity contribution in [3.8, 4) is 6.07 Å². The Kier molecular flexibility index (Phi) is 5.36. The van der Waals surface area contributed by atoms with Gasteiger partial charge in [0.1, 0.15) is 12.2 Å². The quantitative estimate of drug-likeness (QED) is 0.863. The van der Waals surface area contributed by atoms with Gasteiger partial charge in [0.15, 0.2) is 5.76 Å². The summed E-state index contributed by atoms with van der Waals surface area (Å²) in [6.45, 7) is 3.47. The van der Waals surface area contributed by atoms with Gasteiger partial charge in [-0.05, 0) is 30.7 Å². The van der Waals surface area contributed by atoms with Crippen molar-refractivity contribution in [3.63, 3.8) is 0 Å². The molecule has 0 spiro atoms. The van der Waals surface area contributed by atoms with E-state index in [1.165, 1.54) is 13.0 Å². The Labute approximate surface area is 134 Å². The van der Waals surface area contributed by atoms with Crippen LogP contribution >= 0.6 is 0 Å². The first-order valence-electron chi connectivity index (χ1n) is 7.36. The van der Waals surface area contributed by atoms with Crippen LogP contribution in [0.5, 0.6) is 0 Å². The first kappa shape index (κ1) is 16.6. The van der Waals surface area contributed by atoms with Crippen molar-refractivity contribution in [1.82, 2.24) is 0 Å². The molecule has 1 heterocycles. The predicted molar refractivity (Wildman–Crippen MR) is 83.0 cm³/mol. The average molecular weight is 314 g/mol. The van der Waals surface area contributed by atoms with Crippen LogP contribution in [0.15, 0.2) is 36.1 Å². The fourth-order valence-corrected chi connectivity index (χ4v) is 2.39. The minimum atomic E-state index is -0.502. The van der Waals surface area contributed by atoms with Crippen LogP contribution in [-0.4, -0.2) is 18.5 Å². The number of hydrogen-bond donors (Lipinski definition) is 1. The second kappa shape index (κ2) is 7.45. The lowest BCUT2D eigenvalue weighted by atomic mass is 9.93. The summed E-state index contributed by atoms with van der Waals surface area (Å²) in [6, 6.07) is 9.06. The molecule has 1 amide bonds. The van der Waals surface area contributed by atoms with Crippen molar-refractivity contribution < 1.29 is 19.1 Å². The van der Waals surface area contributed by atoms with Gasteiger partial charge < -0.3 is 14.8 Å². The van der Waals surface area contributed by atoms with E-state index in [0.29, 0.717) is 18.7 Å². The molecule has 2 rings (SSSR count). The Morgan fingerprint density at radius 2 is 2.09 bits per heavy atom. The molecule has 6 heteroatoms. The van der Waals surface area contributed by atoms with E-state index >= 15 is 0 Å². The van der Waals surface area contributed by atoms with Crippen LogP contribution in [0.2, 0.25) is 0 Å². The number of nitrogens with zero attached hydrogens (tertiary/aromatic N) is 1. The Morgan fingerprint density at radius 3 is 2.65 bits per heavy atom.